The number of carbonyl (C=O) groups is 2. The van der Waals surface area contributed by atoms with Crippen LogP contribution < -0.4 is 5.73 Å². The summed E-state index contributed by atoms with van der Waals surface area (Å²) in [5.74, 6) is 0.172. The average Bonchev–Trinajstić information content (AvgIpc) is 2.39. The molecule has 0 radical (unpaired) electrons. The Kier molecular flexibility index (Phi) is 3.75. The zero-order valence-corrected chi connectivity index (χ0v) is 10.6. The molecule has 0 unspecified atom stereocenters. The van der Waals surface area contributed by atoms with Gasteiger partial charge in [-0.25, -0.2) is 0 Å². The normalized spacial score (nSPS) is 23.6. The molecule has 0 aromatic carbocycles. The summed E-state index contributed by atoms with van der Waals surface area (Å²) in [6.07, 6.45) is 6.69. The van der Waals surface area contributed by atoms with E-state index in [2.05, 4.69) is 4.98 Å². The molecule has 0 spiro atoms. The molecule has 2 rings (SSSR count). The number of rotatable bonds is 3. The standard InChI is InChI=1S/C14H18N2O2/c1-9-13(14(15)18)6-12(7-16-9)11-4-2-10(8-17)3-5-11/h6-8,10-11H,2-5H2,1H3,(H2,15,18)/t10-,11-. The van der Waals surface area contributed by atoms with E-state index in [1.165, 1.54) is 0 Å². The van der Waals surface area contributed by atoms with Gasteiger partial charge in [0.2, 0.25) is 0 Å². The maximum absolute atomic E-state index is 11.3. The second kappa shape index (κ2) is 5.29. The Balaban J connectivity index is 2.17. The van der Waals surface area contributed by atoms with Gasteiger partial charge in [-0.3, -0.25) is 9.78 Å². The third-order valence-corrected chi connectivity index (χ3v) is 3.81. The van der Waals surface area contributed by atoms with E-state index in [9.17, 15) is 9.59 Å². The summed E-state index contributed by atoms with van der Waals surface area (Å²) in [5.41, 5.74) is 7.58. The maximum Gasteiger partial charge on any atom is 0.250 e. The first-order valence-electron chi connectivity index (χ1n) is 6.33. The van der Waals surface area contributed by atoms with Crippen molar-refractivity contribution in [3.8, 4) is 0 Å². The minimum absolute atomic E-state index is 0.204. The molecule has 1 saturated carbocycles. The lowest BCUT2D eigenvalue weighted by atomic mass is 9.79. The van der Waals surface area contributed by atoms with Gasteiger partial charge in [-0.2, -0.15) is 0 Å². The fourth-order valence-electron chi connectivity index (χ4n) is 2.61. The Morgan fingerprint density at radius 3 is 2.61 bits per heavy atom. The predicted octanol–water partition coefficient (Wildman–Crippen LogP) is 1.96. The van der Waals surface area contributed by atoms with Crippen LogP contribution in [0.1, 0.15) is 53.2 Å². The van der Waals surface area contributed by atoms with E-state index < -0.39 is 5.91 Å². The zero-order chi connectivity index (χ0) is 13.1. The molecule has 1 fully saturated rings. The molecule has 0 aliphatic heterocycles. The fraction of sp³-hybridized carbons (Fsp3) is 0.500. The largest absolute Gasteiger partial charge is 0.366 e. The highest BCUT2D eigenvalue weighted by Gasteiger charge is 2.23. The van der Waals surface area contributed by atoms with Crippen LogP contribution in [-0.2, 0) is 4.79 Å². The second-order valence-electron chi connectivity index (χ2n) is 5.01. The molecule has 4 nitrogen and oxygen atoms in total. The third kappa shape index (κ3) is 2.58. The fourth-order valence-corrected chi connectivity index (χ4v) is 2.61. The summed E-state index contributed by atoms with van der Waals surface area (Å²) >= 11 is 0. The molecule has 0 atom stereocenters. The smallest absolute Gasteiger partial charge is 0.250 e. The number of amides is 1. The predicted molar refractivity (Wildman–Crippen MR) is 68.3 cm³/mol. The average molecular weight is 246 g/mol. The van der Waals surface area contributed by atoms with E-state index in [4.69, 9.17) is 5.73 Å². The lowest BCUT2D eigenvalue weighted by Crippen LogP contribution is -2.17. The van der Waals surface area contributed by atoms with E-state index in [1.54, 1.807) is 6.92 Å². The molecule has 1 amide bonds. The monoisotopic (exact) mass is 246 g/mol. The van der Waals surface area contributed by atoms with Crippen molar-refractivity contribution < 1.29 is 9.59 Å². The summed E-state index contributed by atoms with van der Waals surface area (Å²) in [6, 6.07) is 1.86. The molecule has 1 aromatic heterocycles. The van der Waals surface area contributed by atoms with E-state index in [-0.39, 0.29) is 5.92 Å². The first kappa shape index (κ1) is 12.7. The summed E-state index contributed by atoms with van der Waals surface area (Å²) in [6.45, 7) is 1.78. The number of pyridine rings is 1. The number of hydrogen-bond acceptors (Lipinski definition) is 3. The van der Waals surface area contributed by atoms with E-state index in [0.29, 0.717) is 17.2 Å². The summed E-state index contributed by atoms with van der Waals surface area (Å²) in [5, 5.41) is 0. The molecule has 0 bridgehead atoms. The Bertz CT molecular complexity index is 463. The van der Waals surface area contributed by atoms with Crippen LogP contribution in [0, 0.1) is 12.8 Å². The number of aryl methyl sites for hydroxylation is 1. The van der Waals surface area contributed by atoms with Crippen molar-refractivity contribution >= 4 is 12.2 Å². The molecule has 4 heteroatoms. The highest BCUT2D eigenvalue weighted by Crippen LogP contribution is 2.35. The van der Waals surface area contributed by atoms with Crippen LogP contribution in [0.3, 0.4) is 0 Å². The lowest BCUT2D eigenvalue weighted by molar-refractivity contribution is -0.111. The maximum atomic E-state index is 11.3. The first-order chi connectivity index (χ1) is 8.61. The quantitative estimate of drug-likeness (QED) is 0.828. The van der Waals surface area contributed by atoms with Crippen LogP contribution in [0.15, 0.2) is 12.3 Å². The van der Waals surface area contributed by atoms with E-state index in [0.717, 1.165) is 37.5 Å². The molecule has 1 heterocycles. The van der Waals surface area contributed by atoms with Crippen LogP contribution >= 0.6 is 0 Å². The highest BCUT2D eigenvalue weighted by atomic mass is 16.1. The van der Waals surface area contributed by atoms with Gasteiger partial charge < -0.3 is 10.5 Å². The molecule has 1 aromatic rings. The number of aldehydes is 1. The highest BCUT2D eigenvalue weighted by molar-refractivity contribution is 5.93. The van der Waals surface area contributed by atoms with Crippen LogP contribution in [-0.4, -0.2) is 17.2 Å². The van der Waals surface area contributed by atoms with Gasteiger partial charge >= 0.3 is 0 Å². The SMILES string of the molecule is Cc1ncc([C@H]2CC[C@H](C=O)CC2)cc1C(N)=O. The molecular formula is C14H18N2O2. The van der Waals surface area contributed by atoms with Gasteiger partial charge in [0.05, 0.1) is 5.56 Å². The zero-order valence-electron chi connectivity index (χ0n) is 10.6. The van der Waals surface area contributed by atoms with Crippen LogP contribution in [0.2, 0.25) is 0 Å². The van der Waals surface area contributed by atoms with Gasteiger partial charge in [0.15, 0.2) is 0 Å². The second-order valence-corrected chi connectivity index (χ2v) is 5.01. The number of carbonyl (C=O) groups excluding carboxylic acids is 2. The summed E-state index contributed by atoms with van der Waals surface area (Å²) < 4.78 is 0. The lowest BCUT2D eigenvalue weighted by Gasteiger charge is -2.25. The number of nitrogens with two attached hydrogens (primary N) is 1. The number of primary amides is 1. The van der Waals surface area contributed by atoms with Crippen LogP contribution in [0.5, 0.6) is 0 Å². The number of nitrogens with zero attached hydrogens (tertiary/aromatic N) is 1. The Hall–Kier alpha value is -1.71. The van der Waals surface area contributed by atoms with Crippen molar-refractivity contribution in [2.75, 3.05) is 0 Å². The first-order valence-corrected chi connectivity index (χ1v) is 6.33. The van der Waals surface area contributed by atoms with Gasteiger partial charge in [-0.15, -0.1) is 0 Å². The van der Waals surface area contributed by atoms with Gasteiger partial charge in [0, 0.05) is 17.8 Å². The molecular weight excluding hydrogens is 228 g/mol. The summed E-state index contributed by atoms with van der Waals surface area (Å²) in [4.78, 5) is 26.3. The molecule has 2 N–H and O–H groups in total. The van der Waals surface area contributed by atoms with Crippen LogP contribution in [0.25, 0.3) is 0 Å². The van der Waals surface area contributed by atoms with Gasteiger partial charge in [0.25, 0.3) is 5.91 Å². The molecule has 18 heavy (non-hydrogen) atoms. The minimum Gasteiger partial charge on any atom is -0.366 e. The molecule has 0 saturated heterocycles. The topological polar surface area (TPSA) is 73.1 Å². The molecule has 1 aliphatic rings. The van der Waals surface area contributed by atoms with Crippen molar-refractivity contribution in [2.45, 2.75) is 38.5 Å². The van der Waals surface area contributed by atoms with Crippen molar-refractivity contribution in [2.24, 2.45) is 11.7 Å². The van der Waals surface area contributed by atoms with Gasteiger partial charge in [0.1, 0.15) is 6.29 Å². The Labute approximate surface area is 107 Å². The van der Waals surface area contributed by atoms with Crippen molar-refractivity contribution in [3.05, 3.63) is 29.1 Å². The minimum atomic E-state index is -0.427. The Morgan fingerprint density at radius 2 is 2.06 bits per heavy atom. The third-order valence-electron chi connectivity index (χ3n) is 3.81. The van der Waals surface area contributed by atoms with Crippen LogP contribution in [0.4, 0.5) is 0 Å². The van der Waals surface area contributed by atoms with Crippen molar-refractivity contribution in [3.63, 3.8) is 0 Å². The molecule has 96 valence electrons. The van der Waals surface area contributed by atoms with Crippen molar-refractivity contribution in [1.29, 1.82) is 0 Å². The summed E-state index contributed by atoms with van der Waals surface area (Å²) in [7, 11) is 0. The Morgan fingerprint density at radius 1 is 1.39 bits per heavy atom. The van der Waals surface area contributed by atoms with E-state index >= 15 is 0 Å². The van der Waals surface area contributed by atoms with E-state index in [1.807, 2.05) is 12.3 Å². The number of hydrogen-bond donors (Lipinski definition) is 1. The number of aromatic nitrogens is 1. The van der Waals surface area contributed by atoms with Gasteiger partial charge in [-0.1, -0.05) is 0 Å². The molecule has 1 aliphatic carbocycles. The van der Waals surface area contributed by atoms with Gasteiger partial charge in [-0.05, 0) is 50.2 Å². The van der Waals surface area contributed by atoms with Crippen molar-refractivity contribution in [1.82, 2.24) is 4.98 Å².